The molecule has 102 valence electrons. The Labute approximate surface area is 120 Å². The lowest BCUT2D eigenvalue weighted by Gasteiger charge is -2.11. The fourth-order valence-electron chi connectivity index (χ4n) is 2.30. The summed E-state index contributed by atoms with van der Waals surface area (Å²) in [6.45, 7) is 4.00. The fourth-order valence-corrected chi connectivity index (χ4v) is 2.46. The molecule has 0 atom stereocenters. The second kappa shape index (κ2) is 4.49. The minimum absolute atomic E-state index is 0.0592. The Morgan fingerprint density at radius 1 is 1.20 bits per heavy atom. The molecule has 2 aromatic carbocycles. The van der Waals surface area contributed by atoms with E-state index < -0.39 is 5.82 Å². The van der Waals surface area contributed by atoms with E-state index in [4.69, 9.17) is 17.3 Å². The van der Waals surface area contributed by atoms with Gasteiger partial charge < -0.3 is 5.73 Å². The zero-order valence-electron chi connectivity index (χ0n) is 11.1. The minimum atomic E-state index is -0.496. The number of aromatic nitrogens is 2. The molecule has 2 N–H and O–H groups in total. The average molecular weight is 290 g/mol. The molecule has 20 heavy (non-hydrogen) atoms. The normalized spacial score (nSPS) is 11.2. The van der Waals surface area contributed by atoms with Gasteiger partial charge in [0, 0.05) is 6.07 Å². The molecule has 0 aliphatic heterocycles. The van der Waals surface area contributed by atoms with Crippen LogP contribution in [0.4, 0.5) is 10.3 Å². The lowest BCUT2D eigenvalue weighted by Crippen LogP contribution is -2.02. The van der Waals surface area contributed by atoms with Gasteiger partial charge in [0.2, 0.25) is 5.95 Å². The Hall–Kier alpha value is -2.07. The molecule has 0 unspecified atom stereocenters. The topological polar surface area (TPSA) is 43.8 Å². The van der Waals surface area contributed by atoms with E-state index in [0.717, 1.165) is 16.8 Å². The van der Waals surface area contributed by atoms with Crippen molar-refractivity contribution < 1.29 is 4.39 Å². The van der Waals surface area contributed by atoms with E-state index in [1.807, 2.05) is 32.0 Å². The molecule has 0 amide bonds. The van der Waals surface area contributed by atoms with Crippen molar-refractivity contribution in [3.8, 4) is 5.69 Å². The largest absolute Gasteiger partial charge is 0.369 e. The summed E-state index contributed by atoms with van der Waals surface area (Å²) in [7, 11) is 0. The number of hydrogen-bond donors (Lipinski definition) is 1. The van der Waals surface area contributed by atoms with Crippen molar-refractivity contribution in [1.82, 2.24) is 9.55 Å². The molecule has 1 heterocycles. The Morgan fingerprint density at radius 3 is 2.70 bits per heavy atom. The minimum Gasteiger partial charge on any atom is -0.369 e. The zero-order chi connectivity index (χ0) is 14.4. The van der Waals surface area contributed by atoms with E-state index in [0.29, 0.717) is 17.0 Å². The molecular formula is C15H13ClFN3. The first-order valence-corrected chi connectivity index (χ1v) is 6.56. The first kappa shape index (κ1) is 12.9. The Bertz CT molecular complexity index is 824. The number of nitrogens with zero attached hydrogens (tertiary/aromatic N) is 2. The van der Waals surface area contributed by atoms with Gasteiger partial charge in [0.05, 0.1) is 21.7 Å². The van der Waals surface area contributed by atoms with Crippen LogP contribution >= 0.6 is 11.6 Å². The lowest BCUT2D eigenvalue weighted by molar-refractivity contribution is 0.630. The summed E-state index contributed by atoms with van der Waals surface area (Å²) in [5, 5.41) is 0.0592. The maximum Gasteiger partial charge on any atom is 0.205 e. The maximum atomic E-state index is 13.5. The number of nitrogens with two attached hydrogens (primary N) is 1. The SMILES string of the molecule is Cc1ccc(C)c(-n2c(N)nc3cc(F)c(Cl)cc32)c1. The van der Waals surface area contributed by atoms with Gasteiger partial charge in [-0.05, 0) is 37.1 Å². The van der Waals surface area contributed by atoms with Crippen molar-refractivity contribution in [2.24, 2.45) is 0 Å². The first-order valence-electron chi connectivity index (χ1n) is 6.18. The number of imidazole rings is 1. The van der Waals surface area contributed by atoms with Gasteiger partial charge in [0.25, 0.3) is 0 Å². The third-order valence-corrected chi connectivity index (χ3v) is 3.62. The third kappa shape index (κ3) is 1.93. The molecule has 0 aliphatic carbocycles. The van der Waals surface area contributed by atoms with Gasteiger partial charge in [-0.25, -0.2) is 9.37 Å². The number of nitrogen functional groups attached to an aromatic ring is 1. The average Bonchev–Trinajstić information content (AvgIpc) is 2.69. The summed E-state index contributed by atoms with van der Waals surface area (Å²) >= 11 is 5.87. The van der Waals surface area contributed by atoms with Gasteiger partial charge in [0.15, 0.2) is 0 Å². The molecule has 0 saturated heterocycles. The molecule has 0 radical (unpaired) electrons. The van der Waals surface area contributed by atoms with E-state index in [-0.39, 0.29) is 5.02 Å². The number of halogens is 2. The summed E-state index contributed by atoms with van der Waals surface area (Å²) in [4.78, 5) is 4.20. The van der Waals surface area contributed by atoms with E-state index in [1.54, 1.807) is 10.6 Å². The van der Waals surface area contributed by atoms with Crippen LogP contribution in [0.3, 0.4) is 0 Å². The van der Waals surface area contributed by atoms with Gasteiger partial charge in [-0.1, -0.05) is 23.7 Å². The predicted octanol–water partition coefficient (Wildman–Crippen LogP) is 4.02. The van der Waals surface area contributed by atoms with Crippen LogP contribution in [0.25, 0.3) is 16.7 Å². The Balaban J connectivity index is 2.38. The predicted molar refractivity (Wildman–Crippen MR) is 79.9 cm³/mol. The molecular weight excluding hydrogens is 277 g/mol. The number of aryl methyl sites for hydroxylation is 2. The van der Waals surface area contributed by atoms with Gasteiger partial charge >= 0.3 is 0 Å². The van der Waals surface area contributed by atoms with Crippen molar-refractivity contribution in [1.29, 1.82) is 0 Å². The summed E-state index contributed by atoms with van der Waals surface area (Å²) in [6.07, 6.45) is 0. The molecule has 0 aliphatic rings. The monoisotopic (exact) mass is 289 g/mol. The molecule has 3 rings (SSSR count). The number of anilines is 1. The smallest absolute Gasteiger partial charge is 0.205 e. The van der Waals surface area contributed by atoms with Crippen LogP contribution in [0.2, 0.25) is 5.02 Å². The first-order chi connectivity index (χ1) is 9.47. The highest BCUT2D eigenvalue weighted by Crippen LogP contribution is 2.29. The highest BCUT2D eigenvalue weighted by atomic mass is 35.5. The van der Waals surface area contributed by atoms with E-state index in [9.17, 15) is 4.39 Å². The highest BCUT2D eigenvalue weighted by Gasteiger charge is 2.14. The molecule has 0 spiro atoms. The van der Waals surface area contributed by atoms with Crippen LogP contribution in [0.1, 0.15) is 11.1 Å². The molecule has 0 fully saturated rings. The molecule has 5 heteroatoms. The van der Waals surface area contributed by atoms with Crippen LogP contribution < -0.4 is 5.73 Å². The van der Waals surface area contributed by atoms with Crippen LogP contribution in [-0.2, 0) is 0 Å². The van der Waals surface area contributed by atoms with Gasteiger partial charge in [-0.3, -0.25) is 4.57 Å². The third-order valence-electron chi connectivity index (χ3n) is 3.33. The fraction of sp³-hybridized carbons (Fsp3) is 0.133. The second-order valence-electron chi connectivity index (χ2n) is 4.85. The molecule has 1 aromatic heterocycles. The summed E-state index contributed by atoms with van der Waals surface area (Å²) in [5.41, 5.74) is 10.3. The molecule has 0 saturated carbocycles. The second-order valence-corrected chi connectivity index (χ2v) is 5.26. The number of benzene rings is 2. The molecule has 3 nitrogen and oxygen atoms in total. The lowest BCUT2D eigenvalue weighted by atomic mass is 10.1. The van der Waals surface area contributed by atoms with Crippen LogP contribution in [0, 0.1) is 19.7 Å². The number of hydrogen-bond acceptors (Lipinski definition) is 2. The van der Waals surface area contributed by atoms with Crippen molar-refractivity contribution >= 4 is 28.6 Å². The summed E-state index contributed by atoms with van der Waals surface area (Å²) < 4.78 is 15.3. The Kier molecular flexibility index (Phi) is 2.91. The summed E-state index contributed by atoms with van der Waals surface area (Å²) in [6, 6.07) is 8.92. The highest BCUT2D eigenvalue weighted by molar-refractivity contribution is 6.31. The number of fused-ring (bicyclic) bond motifs is 1. The Morgan fingerprint density at radius 2 is 1.95 bits per heavy atom. The van der Waals surface area contributed by atoms with Crippen molar-refractivity contribution in [2.75, 3.05) is 5.73 Å². The zero-order valence-corrected chi connectivity index (χ0v) is 11.9. The van der Waals surface area contributed by atoms with Gasteiger partial charge in [0.1, 0.15) is 5.82 Å². The van der Waals surface area contributed by atoms with Crippen LogP contribution in [0.15, 0.2) is 30.3 Å². The van der Waals surface area contributed by atoms with Crippen molar-refractivity contribution in [3.05, 3.63) is 52.3 Å². The van der Waals surface area contributed by atoms with E-state index in [2.05, 4.69) is 4.98 Å². The van der Waals surface area contributed by atoms with Crippen LogP contribution in [-0.4, -0.2) is 9.55 Å². The number of rotatable bonds is 1. The molecule has 3 aromatic rings. The summed E-state index contributed by atoms with van der Waals surface area (Å²) in [5.74, 6) is -0.180. The quantitative estimate of drug-likeness (QED) is 0.735. The molecule has 0 bridgehead atoms. The van der Waals surface area contributed by atoms with Crippen molar-refractivity contribution in [3.63, 3.8) is 0 Å². The van der Waals surface area contributed by atoms with E-state index >= 15 is 0 Å². The van der Waals surface area contributed by atoms with Crippen molar-refractivity contribution in [2.45, 2.75) is 13.8 Å². The maximum absolute atomic E-state index is 13.5. The van der Waals surface area contributed by atoms with Gasteiger partial charge in [-0.15, -0.1) is 0 Å². The van der Waals surface area contributed by atoms with Gasteiger partial charge in [-0.2, -0.15) is 0 Å². The van der Waals surface area contributed by atoms with Crippen LogP contribution in [0.5, 0.6) is 0 Å². The standard InChI is InChI=1S/C15H13ClFN3/c1-8-3-4-9(2)13(5-8)20-14-6-10(16)11(17)7-12(14)19-15(20)18/h3-7H,1-2H3,(H2,18,19). The van der Waals surface area contributed by atoms with E-state index in [1.165, 1.54) is 6.07 Å².